The van der Waals surface area contributed by atoms with Crippen molar-refractivity contribution in [3.05, 3.63) is 28.8 Å². The maximum Gasteiger partial charge on any atom is 0.307 e. The normalized spacial score (nSPS) is 12.2. The third-order valence-corrected chi connectivity index (χ3v) is 9.21. The molecule has 24 heavy (non-hydrogen) atoms. The standard InChI is InChI=1S/C18H29ClO4Si/c1-18(2,3)24(4,5)23-11-7-6-10-22-16-13-15(19)9-8-14(16)12-17(20)21/h8-9,13H,6-7,10-12H2,1-5H3,(H,20,21). The number of carbonyl (C=O) groups is 1. The summed E-state index contributed by atoms with van der Waals surface area (Å²) in [7, 11) is -1.69. The number of hydrogen-bond acceptors (Lipinski definition) is 3. The molecule has 0 fully saturated rings. The van der Waals surface area contributed by atoms with Crippen LogP contribution in [0, 0.1) is 0 Å². The van der Waals surface area contributed by atoms with Crippen LogP contribution in [0.2, 0.25) is 23.2 Å². The van der Waals surface area contributed by atoms with E-state index >= 15 is 0 Å². The van der Waals surface area contributed by atoms with Crippen LogP contribution in [0.3, 0.4) is 0 Å². The van der Waals surface area contributed by atoms with Crippen LogP contribution in [0.15, 0.2) is 18.2 Å². The number of unbranched alkanes of at least 4 members (excludes halogenated alkanes) is 1. The van der Waals surface area contributed by atoms with Crippen LogP contribution in [-0.4, -0.2) is 32.6 Å². The van der Waals surface area contributed by atoms with Gasteiger partial charge in [0.25, 0.3) is 0 Å². The maximum absolute atomic E-state index is 10.9. The molecule has 0 spiro atoms. The van der Waals surface area contributed by atoms with E-state index in [4.69, 9.17) is 25.9 Å². The van der Waals surface area contributed by atoms with E-state index in [-0.39, 0.29) is 11.5 Å². The van der Waals surface area contributed by atoms with Gasteiger partial charge in [-0.05, 0) is 43.1 Å². The van der Waals surface area contributed by atoms with Crippen molar-refractivity contribution in [1.29, 1.82) is 0 Å². The lowest BCUT2D eigenvalue weighted by molar-refractivity contribution is -0.136. The van der Waals surface area contributed by atoms with Gasteiger partial charge in [-0.3, -0.25) is 4.79 Å². The van der Waals surface area contributed by atoms with Gasteiger partial charge in [0.2, 0.25) is 0 Å². The number of carboxylic acid groups (broad SMARTS) is 1. The minimum atomic E-state index is -1.69. The van der Waals surface area contributed by atoms with Crippen molar-refractivity contribution < 1.29 is 19.1 Å². The van der Waals surface area contributed by atoms with Gasteiger partial charge >= 0.3 is 5.97 Å². The molecule has 4 nitrogen and oxygen atoms in total. The van der Waals surface area contributed by atoms with Gasteiger partial charge in [0.1, 0.15) is 5.75 Å². The quantitative estimate of drug-likeness (QED) is 0.481. The van der Waals surface area contributed by atoms with Gasteiger partial charge in [-0.25, -0.2) is 0 Å². The Morgan fingerprint density at radius 1 is 1.21 bits per heavy atom. The molecular formula is C18H29ClO4Si. The predicted molar refractivity (Wildman–Crippen MR) is 101 cm³/mol. The number of rotatable bonds is 9. The summed E-state index contributed by atoms with van der Waals surface area (Å²) in [6, 6.07) is 5.05. The number of hydrogen-bond donors (Lipinski definition) is 1. The van der Waals surface area contributed by atoms with Gasteiger partial charge in [-0.1, -0.05) is 38.4 Å². The van der Waals surface area contributed by atoms with Crippen molar-refractivity contribution >= 4 is 25.9 Å². The van der Waals surface area contributed by atoms with Crippen molar-refractivity contribution in [2.75, 3.05) is 13.2 Å². The number of carboxylic acids is 1. The summed E-state index contributed by atoms with van der Waals surface area (Å²) in [5, 5.41) is 9.70. The van der Waals surface area contributed by atoms with Gasteiger partial charge in [0.15, 0.2) is 8.32 Å². The number of benzene rings is 1. The van der Waals surface area contributed by atoms with Crippen molar-refractivity contribution in [2.45, 2.75) is 58.2 Å². The topological polar surface area (TPSA) is 55.8 Å². The maximum atomic E-state index is 10.9. The number of aliphatic carboxylic acids is 1. The Kier molecular flexibility index (Phi) is 7.77. The average molecular weight is 373 g/mol. The fourth-order valence-corrected chi connectivity index (χ4v) is 3.15. The summed E-state index contributed by atoms with van der Waals surface area (Å²) >= 11 is 5.97. The van der Waals surface area contributed by atoms with E-state index in [2.05, 4.69) is 33.9 Å². The van der Waals surface area contributed by atoms with E-state index in [1.165, 1.54) is 0 Å². The van der Waals surface area contributed by atoms with E-state index in [1.807, 2.05) is 0 Å². The molecular weight excluding hydrogens is 344 g/mol. The smallest absolute Gasteiger partial charge is 0.307 e. The molecule has 0 aliphatic carbocycles. The summed E-state index contributed by atoms with van der Waals surface area (Å²) < 4.78 is 11.9. The second-order valence-electron chi connectivity index (χ2n) is 7.49. The highest BCUT2D eigenvalue weighted by Gasteiger charge is 2.36. The van der Waals surface area contributed by atoms with Gasteiger partial charge in [0, 0.05) is 17.2 Å². The van der Waals surface area contributed by atoms with Gasteiger partial charge in [0.05, 0.1) is 13.0 Å². The molecule has 0 heterocycles. The molecule has 0 aromatic heterocycles. The van der Waals surface area contributed by atoms with Crippen LogP contribution in [0.25, 0.3) is 0 Å². The second-order valence-corrected chi connectivity index (χ2v) is 12.7. The Bertz CT molecular complexity index is 552. The first kappa shape index (κ1) is 21.0. The minimum Gasteiger partial charge on any atom is -0.493 e. The molecule has 0 unspecified atom stereocenters. The number of halogens is 1. The molecule has 0 saturated heterocycles. The average Bonchev–Trinajstić information content (AvgIpc) is 2.43. The zero-order chi connectivity index (χ0) is 18.4. The predicted octanol–water partition coefficient (Wildman–Crippen LogP) is 5.15. The fourth-order valence-electron chi connectivity index (χ4n) is 1.90. The summed E-state index contributed by atoms with van der Waals surface area (Å²) in [5.74, 6) is -0.333. The summed E-state index contributed by atoms with van der Waals surface area (Å²) in [5.41, 5.74) is 0.643. The van der Waals surface area contributed by atoms with E-state index in [9.17, 15) is 4.79 Å². The third-order valence-electron chi connectivity index (χ3n) is 4.44. The zero-order valence-electron chi connectivity index (χ0n) is 15.3. The summed E-state index contributed by atoms with van der Waals surface area (Å²) in [6.07, 6.45) is 1.70. The van der Waals surface area contributed by atoms with Crippen LogP contribution >= 0.6 is 11.6 Å². The van der Waals surface area contributed by atoms with E-state index in [0.29, 0.717) is 22.9 Å². The lowest BCUT2D eigenvalue weighted by Gasteiger charge is -2.36. The van der Waals surface area contributed by atoms with Crippen LogP contribution in [0.4, 0.5) is 0 Å². The highest BCUT2D eigenvalue weighted by atomic mass is 35.5. The fraction of sp³-hybridized carbons (Fsp3) is 0.611. The SMILES string of the molecule is CC(C)(C)[Si](C)(C)OCCCCOc1cc(Cl)ccc1CC(=O)O. The molecule has 6 heteroatoms. The largest absolute Gasteiger partial charge is 0.493 e. The Labute approximate surface area is 151 Å². The van der Waals surface area contributed by atoms with Gasteiger partial charge in [-0.2, -0.15) is 0 Å². The third kappa shape index (κ3) is 6.83. The molecule has 0 bridgehead atoms. The molecule has 1 aromatic rings. The Hall–Kier alpha value is -1.04. The lowest BCUT2D eigenvalue weighted by atomic mass is 10.1. The molecule has 1 N–H and O–H groups in total. The van der Waals surface area contributed by atoms with E-state index < -0.39 is 14.3 Å². The highest BCUT2D eigenvalue weighted by molar-refractivity contribution is 6.74. The Morgan fingerprint density at radius 2 is 1.83 bits per heavy atom. The molecule has 1 rings (SSSR count). The van der Waals surface area contributed by atoms with Crippen molar-refractivity contribution in [3.8, 4) is 5.75 Å². The molecule has 0 aliphatic heterocycles. The van der Waals surface area contributed by atoms with Crippen molar-refractivity contribution in [2.24, 2.45) is 0 Å². The van der Waals surface area contributed by atoms with Gasteiger partial charge in [-0.15, -0.1) is 0 Å². The zero-order valence-corrected chi connectivity index (χ0v) is 17.1. The van der Waals surface area contributed by atoms with E-state index in [0.717, 1.165) is 19.4 Å². The van der Waals surface area contributed by atoms with Crippen molar-refractivity contribution in [1.82, 2.24) is 0 Å². The lowest BCUT2D eigenvalue weighted by Crippen LogP contribution is -2.41. The van der Waals surface area contributed by atoms with Crippen molar-refractivity contribution in [3.63, 3.8) is 0 Å². The second kappa shape index (κ2) is 8.88. The molecule has 0 radical (unpaired) electrons. The van der Waals surface area contributed by atoms with Gasteiger partial charge < -0.3 is 14.3 Å². The summed E-state index contributed by atoms with van der Waals surface area (Å²) in [4.78, 5) is 10.9. The van der Waals surface area contributed by atoms with Crippen LogP contribution < -0.4 is 4.74 Å². The molecule has 0 saturated carbocycles. The minimum absolute atomic E-state index is 0.0685. The monoisotopic (exact) mass is 372 g/mol. The molecule has 0 atom stereocenters. The summed E-state index contributed by atoms with van der Waals surface area (Å²) in [6.45, 7) is 12.4. The van der Waals surface area contributed by atoms with E-state index in [1.54, 1.807) is 18.2 Å². The first-order valence-corrected chi connectivity index (χ1v) is 11.6. The molecule has 0 aliphatic rings. The van der Waals surface area contributed by atoms with Crippen LogP contribution in [-0.2, 0) is 15.6 Å². The molecule has 1 aromatic carbocycles. The molecule has 0 amide bonds. The first-order valence-electron chi connectivity index (χ1n) is 8.30. The van der Waals surface area contributed by atoms with Crippen LogP contribution in [0.1, 0.15) is 39.2 Å². The highest BCUT2D eigenvalue weighted by Crippen LogP contribution is 2.36. The number of ether oxygens (including phenoxy) is 1. The first-order chi connectivity index (χ1) is 11.0. The Balaban J connectivity index is 2.41. The van der Waals surface area contributed by atoms with Crippen LogP contribution in [0.5, 0.6) is 5.75 Å². The Morgan fingerprint density at radius 3 is 2.42 bits per heavy atom. The molecule has 136 valence electrons.